The molecule has 1 aromatic rings. The van der Waals surface area contributed by atoms with Crippen LogP contribution < -0.4 is 19.7 Å². The number of carbonyl (C=O) groups excluding carboxylic acids is 2. The Kier molecular flexibility index (Phi) is 7.57. The molecular formula is C19H27ClN2O4. The summed E-state index contributed by atoms with van der Waals surface area (Å²) in [5.41, 5.74) is 0.534. The molecular weight excluding hydrogens is 356 g/mol. The Bertz CT molecular complexity index is 645. The summed E-state index contributed by atoms with van der Waals surface area (Å²) in [7, 11) is 3.02. The second-order valence-electron chi connectivity index (χ2n) is 6.48. The number of nitrogens with zero attached hydrogens (tertiary/aromatic N) is 1. The van der Waals surface area contributed by atoms with Crippen LogP contribution in [-0.4, -0.2) is 38.6 Å². The van der Waals surface area contributed by atoms with Gasteiger partial charge in [0.25, 0.3) is 0 Å². The van der Waals surface area contributed by atoms with E-state index in [4.69, 9.17) is 21.1 Å². The Morgan fingerprint density at radius 1 is 1.15 bits per heavy atom. The van der Waals surface area contributed by atoms with Crippen molar-refractivity contribution in [3.8, 4) is 11.5 Å². The van der Waals surface area contributed by atoms with Crippen molar-refractivity contribution >= 4 is 29.1 Å². The van der Waals surface area contributed by atoms with E-state index < -0.39 is 0 Å². The zero-order chi connectivity index (χ0) is 19.1. The molecule has 26 heavy (non-hydrogen) atoms. The SMILES string of the molecule is COc1cc(N(CCC(=O)NC2CCCCC2)C(C)=O)c(OC)cc1Cl. The summed E-state index contributed by atoms with van der Waals surface area (Å²) in [6.07, 6.45) is 5.85. The number of anilines is 1. The van der Waals surface area contributed by atoms with Gasteiger partial charge >= 0.3 is 0 Å². The quantitative estimate of drug-likeness (QED) is 0.783. The summed E-state index contributed by atoms with van der Waals surface area (Å²) in [6.45, 7) is 1.72. The standard InChI is InChI=1S/C19H27ClN2O4/c1-13(23)22(10-9-19(24)21-14-7-5-4-6-8-14)16-12-17(25-2)15(20)11-18(16)26-3/h11-12,14H,4-10H2,1-3H3,(H,21,24). The molecule has 0 aliphatic heterocycles. The van der Waals surface area contributed by atoms with Gasteiger partial charge in [0.05, 0.1) is 24.9 Å². The minimum atomic E-state index is -0.182. The van der Waals surface area contributed by atoms with Gasteiger partial charge in [-0.1, -0.05) is 30.9 Å². The van der Waals surface area contributed by atoms with Crippen LogP contribution in [0.25, 0.3) is 0 Å². The van der Waals surface area contributed by atoms with Crippen molar-refractivity contribution in [2.45, 2.75) is 51.5 Å². The molecule has 7 heteroatoms. The van der Waals surface area contributed by atoms with Crippen LogP contribution in [-0.2, 0) is 9.59 Å². The molecule has 0 atom stereocenters. The van der Waals surface area contributed by atoms with Crippen LogP contribution in [0.5, 0.6) is 11.5 Å². The number of nitrogens with one attached hydrogen (secondary N) is 1. The highest BCUT2D eigenvalue weighted by Gasteiger charge is 2.21. The number of amides is 2. The largest absolute Gasteiger partial charge is 0.495 e. The van der Waals surface area contributed by atoms with E-state index in [2.05, 4.69) is 5.32 Å². The predicted octanol–water partition coefficient (Wildman–Crippen LogP) is 3.55. The molecule has 0 radical (unpaired) electrons. The van der Waals surface area contributed by atoms with Crippen LogP contribution in [0, 0.1) is 0 Å². The molecule has 2 rings (SSSR count). The molecule has 144 valence electrons. The van der Waals surface area contributed by atoms with Crippen LogP contribution in [0.15, 0.2) is 12.1 Å². The molecule has 1 aliphatic rings. The molecule has 0 aromatic heterocycles. The first-order valence-electron chi connectivity index (χ1n) is 8.95. The molecule has 1 saturated carbocycles. The van der Waals surface area contributed by atoms with Gasteiger partial charge in [0.2, 0.25) is 11.8 Å². The maximum Gasteiger partial charge on any atom is 0.223 e. The molecule has 1 aliphatic carbocycles. The Morgan fingerprint density at radius 3 is 2.38 bits per heavy atom. The minimum Gasteiger partial charge on any atom is -0.495 e. The van der Waals surface area contributed by atoms with Crippen molar-refractivity contribution in [3.63, 3.8) is 0 Å². The van der Waals surface area contributed by atoms with Crippen molar-refractivity contribution < 1.29 is 19.1 Å². The Morgan fingerprint density at radius 2 is 1.81 bits per heavy atom. The maximum absolute atomic E-state index is 12.3. The smallest absolute Gasteiger partial charge is 0.223 e. The van der Waals surface area contributed by atoms with Crippen molar-refractivity contribution in [2.75, 3.05) is 25.7 Å². The highest BCUT2D eigenvalue weighted by molar-refractivity contribution is 6.32. The molecule has 1 N–H and O–H groups in total. The second-order valence-corrected chi connectivity index (χ2v) is 6.89. The van der Waals surface area contributed by atoms with Crippen LogP contribution in [0.4, 0.5) is 5.69 Å². The van der Waals surface area contributed by atoms with Crippen molar-refractivity contribution in [2.24, 2.45) is 0 Å². The Labute approximate surface area is 159 Å². The summed E-state index contributed by atoms with van der Waals surface area (Å²) in [6, 6.07) is 3.52. The lowest BCUT2D eigenvalue weighted by Gasteiger charge is -2.26. The van der Waals surface area contributed by atoms with E-state index in [9.17, 15) is 9.59 Å². The predicted molar refractivity (Wildman–Crippen MR) is 102 cm³/mol. The number of benzene rings is 1. The van der Waals surface area contributed by atoms with Gasteiger partial charge in [-0.05, 0) is 12.8 Å². The number of hydrogen-bond acceptors (Lipinski definition) is 4. The van der Waals surface area contributed by atoms with Crippen LogP contribution >= 0.6 is 11.6 Å². The molecule has 0 heterocycles. The summed E-state index contributed by atoms with van der Waals surface area (Å²) in [5.74, 6) is 0.681. The molecule has 0 saturated heterocycles. The number of rotatable bonds is 7. The number of halogens is 1. The molecule has 1 aromatic carbocycles. The monoisotopic (exact) mass is 382 g/mol. The van der Waals surface area contributed by atoms with Crippen molar-refractivity contribution in [3.05, 3.63) is 17.2 Å². The topological polar surface area (TPSA) is 67.9 Å². The van der Waals surface area contributed by atoms with E-state index in [1.54, 1.807) is 12.1 Å². The first-order chi connectivity index (χ1) is 12.5. The van der Waals surface area contributed by atoms with Gasteiger partial charge in [0, 0.05) is 38.1 Å². The third-order valence-corrected chi connectivity index (χ3v) is 4.95. The van der Waals surface area contributed by atoms with E-state index in [0.29, 0.717) is 22.2 Å². The van der Waals surface area contributed by atoms with Gasteiger partial charge < -0.3 is 19.7 Å². The zero-order valence-electron chi connectivity index (χ0n) is 15.6. The number of ether oxygens (including phenoxy) is 2. The van der Waals surface area contributed by atoms with Gasteiger partial charge in [-0.15, -0.1) is 0 Å². The van der Waals surface area contributed by atoms with Gasteiger partial charge in [-0.2, -0.15) is 0 Å². The average molecular weight is 383 g/mol. The van der Waals surface area contributed by atoms with Crippen molar-refractivity contribution in [1.29, 1.82) is 0 Å². The third kappa shape index (κ3) is 5.27. The van der Waals surface area contributed by atoms with E-state index in [-0.39, 0.29) is 30.8 Å². The third-order valence-electron chi connectivity index (χ3n) is 4.66. The van der Waals surface area contributed by atoms with Gasteiger partial charge in [-0.25, -0.2) is 0 Å². The lowest BCUT2D eigenvalue weighted by Crippen LogP contribution is -2.39. The fourth-order valence-corrected chi connectivity index (χ4v) is 3.49. The molecule has 0 spiro atoms. The Hall–Kier alpha value is -1.95. The molecule has 0 bridgehead atoms. The lowest BCUT2D eigenvalue weighted by atomic mass is 9.95. The first-order valence-corrected chi connectivity index (χ1v) is 9.33. The van der Waals surface area contributed by atoms with Crippen LogP contribution in [0.1, 0.15) is 45.4 Å². The maximum atomic E-state index is 12.3. The van der Waals surface area contributed by atoms with Crippen molar-refractivity contribution in [1.82, 2.24) is 5.32 Å². The minimum absolute atomic E-state index is 0.0388. The van der Waals surface area contributed by atoms with Crippen LogP contribution in [0.3, 0.4) is 0 Å². The fourth-order valence-electron chi connectivity index (χ4n) is 3.26. The molecule has 6 nitrogen and oxygen atoms in total. The van der Waals surface area contributed by atoms with Crippen LogP contribution in [0.2, 0.25) is 5.02 Å². The average Bonchev–Trinajstić information content (AvgIpc) is 2.63. The molecule has 1 fully saturated rings. The number of methoxy groups -OCH3 is 2. The number of hydrogen-bond donors (Lipinski definition) is 1. The van der Waals surface area contributed by atoms with E-state index in [1.165, 1.54) is 32.5 Å². The highest BCUT2D eigenvalue weighted by Crippen LogP contribution is 2.38. The summed E-state index contributed by atoms with van der Waals surface area (Å²) < 4.78 is 10.6. The summed E-state index contributed by atoms with van der Waals surface area (Å²) in [4.78, 5) is 26.0. The zero-order valence-corrected chi connectivity index (χ0v) is 16.4. The van der Waals surface area contributed by atoms with E-state index >= 15 is 0 Å². The van der Waals surface area contributed by atoms with E-state index in [1.807, 2.05) is 0 Å². The fraction of sp³-hybridized carbons (Fsp3) is 0.579. The second kappa shape index (κ2) is 9.67. The number of carbonyl (C=O) groups is 2. The normalized spacial score (nSPS) is 14.6. The lowest BCUT2D eigenvalue weighted by molar-refractivity contribution is -0.121. The van der Waals surface area contributed by atoms with Gasteiger partial charge in [0.15, 0.2) is 0 Å². The van der Waals surface area contributed by atoms with Gasteiger partial charge in [0.1, 0.15) is 11.5 Å². The molecule has 0 unspecified atom stereocenters. The first kappa shape index (κ1) is 20.4. The summed E-state index contributed by atoms with van der Waals surface area (Å²) in [5, 5.41) is 3.47. The summed E-state index contributed by atoms with van der Waals surface area (Å²) >= 11 is 6.13. The Balaban J connectivity index is 2.08. The van der Waals surface area contributed by atoms with Gasteiger partial charge in [-0.3, -0.25) is 9.59 Å². The highest BCUT2D eigenvalue weighted by atomic mass is 35.5. The van der Waals surface area contributed by atoms with E-state index in [0.717, 1.165) is 25.7 Å². The molecule has 2 amide bonds.